The van der Waals surface area contributed by atoms with Crippen LogP contribution in [0.3, 0.4) is 0 Å². The van der Waals surface area contributed by atoms with Gasteiger partial charge in [0.2, 0.25) is 0 Å². The Balaban J connectivity index is 0.000000350. The minimum atomic E-state index is -1.71. The van der Waals surface area contributed by atoms with Gasteiger partial charge >= 0.3 is 0 Å². The van der Waals surface area contributed by atoms with Gasteiger partial charge in [-0.15, -0.1) is 0 Å². The van der Waals surface area contributed by atoms with Crippen LogP contribution in [0, 0.1) is 11.8 Å². The lowest BCUT2D eigenvalue weighted by molar-refractivity contribution is 0.334. The molecule has 0 amide bonds. The summed E-state index contributed by atoms with van der Waals surface area (Å²) in [7, 11) is -1.71. The number of rotatable bonds is 2. The number of nitrogens with two attached hydrogens (primary N) is 2. The van der Waals surface area contributed by atoms with Crippen LogP contribution in [0.2, 0.25) is 18.1 Å². The van der Waals surface area contributed by atoms with E-state index in [1.807, 2.05) is 0 Å². The van der Waals surface area contributed by atoms with Gasteiger partial charge < -0.3 is 15.9 Å². The first kappa shape index (κ1) is 22.0. The van der Waals surface area contributed by atoms with Gasteiger partial charge in [0.25, 0.3) is 0 Å². The molecule has 0 spiro atoms. The molecule has 0 aliphatic carbocycles. The molecule has 4 N–H and O–H groups in total. The van der Waals surface area contributed by atoms with Gasteiger partial charge in [-0.05, 0) is 40.0 Å². The van der Waals surface area contributed by atoms with Crippen molar-refractivity contribution in [1.29, 1.82) is 0 Å². The average Bonchev–Trinajstić information content (AvgIpc) is 2.55. The molecule has 2 rings (SSSR count). The molecule has 0 atom stereocenters. The van der Waals surface area contributed by atoms with Gasteiger partial charge in [-0.3, -0.25) is 0 Å². The maximum atomic E-state index is 5.93. The highest BCUT2D eigenvalue weighted by atomic mass is 79.9. The fourth-order valence-electron chi connectivity index (χ4n) is 1.28. The molecular formula is C17H25BrN6OSi. The number of halogens is 1. The zero-order chi connectivity index (χ0) is 19.8. The smallest absolute Gasteiger partial charge is 0.193 e. The van der Waals surface area contributed by atoms with Gasteiger partial charge in [0.1, 0.15) is 21.9 Å². The van der Waals surface area contributed by atoms with E-state index >= 15 is 0 Å². The number of anilines is 2. The van der Waals surface area contributed by atoms with Crippen molar-refractivity contribution < 1.29 is 4.43 Å². The van der Waals surface area contributed by atoms with Crippen molar-refractivity contribution in [3.8, 4) is 11.8 Å². The fraction of sp³-hybridized carbons (Fsp3) is 0.412. The minimum absolute atomic E-state index is 0.204. The van der Waals surface area contributed by atoms with Crippen LogP contribution in [0.1, 0.15) is 26.5 Å². The predicted molar refractivity (Wildman–Crippen MR) is 111 cm³/mol. The van der Waals surface area contributed by atoms with Crippen molar-refractivity contribution in [3.05, 3.63) is 35.1 Å². The molecule has 26 heavy (non-hydrogen) atoms. The molecule has 2 heterocycles. The Morgan fingerprint density at radius 3 is 2.00 bits per heavy atom. The first-order valence-electron chi connectivity index (χ1n) is 7.94. The highest BCUT2D eigenvalue weighted by Crippen LogP contribution is 2.36. The molecule has 9 heteroatoms. The summed E-state index contributed by atoms with van der Waals surface area (Å²) >= 11 is 3.12. The SMILES string of the molecule is CC(C)(C)[Si](C)(C)OCC#Cc1cnc(N)cn1.Nc1cnc(Br)cn1. The Hall–Kier alpha value is -2.02. The summed E-state index contributed by atoms with van der Waals surface area (Å²) < 4.78 is 6.63. The van der Waals surface area contributed by atoms with E-state index in [1.165, 1.54) is 12.4 Å². The van der Waals surface area contributed by atoms with Crippen molar-refractivity contribution in [2.75, 3.05) is 18.1 Å². The molecule has 2 aromatic heterocycles. The third-order valence-corrected chi connectivity index (χ3v) is 8.73. The summed E-state index contributed by atoms with van der Waals surface area (Å²) in [5.74, 6) is 6.72. The van der Waals surface area contributed by atoms with Crippen LogP contribution >= 0.6 is 15.9 Å². The second-order valence-corrected chi connectivity index (χ2v) is 12.6. The molecule has 140 valence electrons. The van der Waals surface area contributed by atoms with E-state index in [4.69, 9.17) is 15.9 Å². The van der Waals surface area contributed by atoms with Gasteiger partial charge in [0, 0.05) is 0 Å². The summed E-state index contributed by atoms with van der Waals surface area (Å²) in [5.41, 5.74) is 11.3. The summed E-state index contributed by atoms with van der Waals surface area (Å²) in [4.78, 5) is 15.5. The first-order chi connectivity index (χ1) is 12.0. The topological polar surface area (TPSA) is 113 Å². The van der Waals surface area contributed by atoms with Gasteiger partial charge in [-0.2, -0.15) is 0 Å². The van der Waals surface area contributed by atoms with Crippen LogP contribution < -0.4 is 11.5 Å². The average molecular weight is 437 g/mol. The van der Waals surface area contributed by atoms with Crippen LogP contribution in [0.5, 0.6) is 0 Å². The molecule has 0 aromatic carbocycles. The van der Waals surface area contributed by atoms with E-state index < -0.39 is 8.32 Å². The molecule has 0 unspecified atom stereocenters. The molecule has 0 saturated carbocycles. The van der Waals surface area contributed by atoms with Crippen molar-refractivity contribution in [1.82, 2.24) is 19.9 Å². The molecule has 0 bridgehead atoms. The Kier molecular flexibility index (Phi) is 8.14. The monoisotopic (exact) mass is 436 g/mol. The van der Waals surface area contributed by atoms with Gasteiger partial charge in [-0.25, -0.2) is 19.9 Å². The number of aromatic nitrogens is 4. The summed E-state index contributed by atoms with van der Waals surface area (Å²) in [6.45, 7) is 11.5. The maximum Gasteiger partial charge on any atom is 0.193 e. The fourth-order valence-corrected chi connectivity index (χ4v) is 2.36. The predicted octanol–water partition coefficient (Wildman–Crippen LogP) is 3.25. The van der Waals surface area contributed by atoms with E-state index in [1.54, 1.807) is 12.4 Å². The number of hydrogen-bond donors (Lipinski definition) is 2. The first-order valence-corrected chi connectivity index (χ1v) is 11.6. The van der Waals surface area contributed by atoms with Crippen LogP contribution in [-0.4, -0.2) is 34.9 Å². The minimum Gasteiger partial charge on any atom is -0.406 e. The second kappa shape index (κ2) is 9.61. The van der Waals surface area contributed by atoms with Crippen molar-refractivity contribution in [2.24, 2.45) is 0 Å². The molecular weight excluding hydrogens is 412 g/mol. The van der Waals surface area contributed by atoms with E-state index in [0.717, 1.165) is 0 Å². The lowest BCUT2D eigenvalue weighted by Gasteiger charge is -2.35. The molecule has 0 aliphatic rings. The third-order valence-electron chi connectivity index (χ3n) is 3.84. The van der Waals surface area contributed by atoms with E-state index in [-0.39, 0.29) is 5.04 Å². The lowest BCUT2D eigenvalue weighted by Crippen LogP contribution is -2.40. The molecule has 0 saturated heterocycles. The molecule has 0 radical (unpaired) electrons. The quantitative estimate of drug-likeness (QED) is 0.548. The Morgan fingerprint density at radius 1 is 1.00 bits per heavy atom. The van der Waals surface area contributed by atoms with Gasteiger partial charge in [-0.1, -0.05) is 26.7 Å². The molecule has 0 fully saturated rings. The largest absolute Gasteiger partial charge is 0.406 e. The highest BCUT2D eigenvalue weighted by molar-refractivity contribution is 9.10. The van der Waals surface area contributed by atoms with Crippen LogP contribution in [0.15, 0.2) is 29.4 Å². The lowest BCUT2D eigenvalue weighted by atomic mass is 10.2. The summed E-state index contributed by atoms with van der Waals surface area (Å²) in [5, 5.41) is 0.204. The van der Waals surface area contributed by atoms with Crippen molar-refractivity contribution in [3.63, 3.8) is 0 Å². The van der Waals surface area contributed by atoms with Crippen molar-refractivity contribution in [2.45, 2.75) is 38.9 Å². The van der Waals surface area contributed by atoms with Crippen LogP contribution in [-0.2, 0) is 4.43 Å². The second-order valence-electron chi connectivity index (χ2n) is 6.94. The number of nitrogen functional groups attached to an aromatic ring is 2. The molecule has 2 aromatic rings. The van der Waals surface area contributed by atoms with E-state index in [2.05, 4.69) is 81.6 Å². The standard InChI is InChI=1S/C13H21N3OSi.C4H4BrN3/c1-13(2,3)18(4,5)17-8-6-7-11-9-16-12(14)10-15-11;5-3-1-8-4(6)2-7-3/h9-10H,8H2,1-5H3,(H2,14,16);1-2H,(H2,6,8). The van der Waals surface area contributed by atoms with E-state index in [9.17, 15) is 0 Å². The van der Waals surface area contributed by atoms with Crippen molar-refractivity contribution >= 4 is 35.9 Å². The zero-order valence-corrected chi connectivity index (χ0v) is 18.3. The Morgan fingerprint density at radius 2 is 1.58 bits per heavy atom. The normalized spacial score (nSPS) is 11.0. The van der Waals surface area contributed by atoms with Crippen LogP contribution in [0.25, 0.3) is 0 Å². The van der Waals surface area contributed by atoms with Crippen LogP contribution in [0.4, 0.5) is 11.6 Å². The Bertz CT molecular complexity index is 727. The highest BCUT2D eigenvalue weighted by Gasteiger charge is 2.36. The van der Waals surface area contributed by atoms with E-state index in [0.29, 0.717) is 28.5 Å². The number of nitrogens with zero attached hydrogens (tertiary/aromatic N) is 4. The zero-order valence-electron chi connectivity index (χ0n) is 15.7. The van der Waals surface area contributed by atoms with Gasteiger partial charge in [0.15, 0.2) is 8.32 Å². The maximum absolute atomic E-state index is 5.93. The Labute approximate surface area is 164 Å². The third kappa shape index (κ3) is 7.90. The molecule has 7 nitrogen and oxygen atoms in total. The summed E-state index contributed by atoms with van der Waals surface area (Å²) in [6.07, 6.45) is 6.10. The summed E-state index contributed by atoms with van der Waals surface area (Å²) in [6, 6.07) is 0. The van der Waals surface area contributed by atoms with Gasteiger partial charge in [0.05, 0.1) is 31.4 Å². The number of hydrogen-bond acceptors (Lipinski definition) is 7. The molecule has 0 aliphatic heterocycles.